The number of aromatic nitrogens is 1. The quantitative estimate of drug-likeness (QED) is 0.741. The molecule has 0 radical (unpaired) electrons. The monoisotopic (exact) mass is 397 g/mol. The summed E-state index contributed by atoms with van der Waals surface area (Å²) in [4.78, 5) is 15.3. The van der Waals surface area contributed by atoms with Gasteiger partial charge in [-0.2, -0.15) is 0 Å². The molecule has 150 valence electrons. The molecule has 1 unspecified atom stereocenters. The van der Waals surface area contributed by atoms with Crippen molar-refractivity contribution >= 4 is 11.6 Å². The molecule has 0 bridgehead atoms. The molecule has 2 N–H and O–H groups in total. The second kappa shape index (κ2) is 8.04. The Morgan fingerprint density at radius 2 is 1.93 bits per heavy atom. The first kappa shape index (κ1) is 19.9. The molecule has 0 spiro atoms. The highest BCUT2D eigenvalue weighted by molar-refractivity contribution is 5.73. The number of hydrogen-bond donors (Lipinski definition) is 2. The summed E-state index contributed by atoms with van der Waals surface area (Å²) < 4.78 is 54.3. The summed E-state index contributed by atoms with van der Waals surface area (Å²) in [6.45, 7) is 1.49. The standard InChI is InChI=1S/C19H19F4N3O2/c1-11(27)25-13-3-4-14(9-13)26-15-6-7-24-17(10-15)12-2-5-18(16(20)8-12)28-19(21,22)23/h2,5-8,10,13-14H,3-4,9H2,1H3,(H,24,26)(H,25,27)/t13-,14?/m1/s1. The summed E-state index contributed by atoms with van der Waals surface area (Å²) in [5.41, 5.74) is 1.51. The Morgan fingerprint density at radius 1 is 1.18 bits per heavy atom. The maximum atomic E-state index is 13.9. The highest BCUT2D eigenvalue weighted by Crippen LogP contribution is 2.30. The number of alkyl halides is 3. The molecule has 1 saturated carbocycles. The van der Waals surface area contributed by atoms with Gasteiger partial charge in [0.05, 0.1) is 5.69 Å². The number of amides is 1. The van der Waals surface area contributed by atoms with E-state index in [9.17, 15) is 22.4 Å². The average Bonchev–Trinajstić information content (AvgIpc) is 3.02. The van der Waals surface area contributed by atoms with Crippen molar-refractivity contribution < 1.29 is 27.1 Å². The molecule has 0 saturated heterocycles. The van der Waals surface area contributed by atoms with Crippen LogP contribution in [0.15, 0.2) is 36.5 Å². The van der Waals surface area contributed by atoms with Gasteiger partial charge in [-0.05, 0) is 49.6 Å². The van der Waals surface area contributed by atoms with Crippen molar-refractivity contribution in [2.45, 2.75) is 44.6 Å². The zero-order valence-corrected chi connectivity index (χ0v) is 15.0. The van der Waals surface area contributed by atoms with Crippen LogP contribution in [0.4, 0.5) is 23.2 Å². The maximum Gasteiger partial charge on any atom is 0.573 e. The molecule has 3 rings (SSSR count). The van der Waals surface area contributed by atoms with Gasteiger partial charge in [-0.15, -0.1) is 13.2 Å². The van der Waals surface area contributed by atoms with Crippen molar-refractivity contribution in [2.75, 3.05) is 5.32 Å². The third-order valence-corrected chi connectivity index (χ3v) is 4.42. The van der Waals surface area contributed by atoms with Gasteiger partial charge in [-0.1, -0.05) is 0 Å². The van der Waals surface area contributed by atoms with E-state index in [1.54, 1.807) is 12.1 Å². The number of ether oxygens (including phenoxy) is 1. The topological polar surface area (TPSA) is 63.2 Å². The molecular formula is C19H19F4N3O2. The first-order valence-electron chi connectivity index (χ1n) is 8.75. The maximum absolute atomic E-state index is 13.9. The molecule has 1 fully saturated rings. The lowest BCUT2D eigenvalue weighted by atomic mass is 10.1. The normalized spacial score (nSPS) is 19.3. The lowest BCUT2D eigenvalue weighted by Crippen LogP contribution is -2.31. The Kier molecular flexibility index (Phi) is 5.71. The summed E-state index contributed by atoms with van der Waals surface area (Å²) in [5.74, 6) is -2.07. The summed E-state index contributed by atoms with van der Waals surface area (Å²) in [6, 6.07) is 6.96. The van der Waals surface area contributed by atoms with Crippen molar-refractivity contribution in [1.82, 2.24) is 10.3 Å². The van der Waals surface area contributed by atoms with Gasteiger partial charge >= 0.3 is 6.36 Å². The first-order valence-corrected chi connectivity index (χ1v) is 8.75. The third-order valence-electron chi connectivity index (χ3n) is 4.42. The zero-order chi connectivity index (χ0) is 20.3. The molecule has 1 aliphatic rings. The molecule has 1 heterocycles. The zero-order valence-electron chi connectivity index (χ0n) is 15.0. The van der Waals surface area contributed by atoms with Crippen LogP contribution < -0.4 is 15.4 Å². The highest BCUT2D eigenvalue weighted by atomic mass is 19.4. The van der Waals surface area contributed by atoms with E-state index >= 15 is 0 Å². The Hall–Kier alpha value is -2.84. The van der Waals surface area contributed by atoms with E-state index in [2.05, 4.69) is 20.4 Å². The van der Waals surface area contributed by atoms with Gasteiger partial charge in [0.2, 0.25) is 5.91 Å². The predicted molar refractivity (Wildman–Crippen MR) is 95.2 cm³/mol. The van der Waals surface area contributed by atoms with Gasteiger partial charge in [0, 0.05) is 36.5 Å². The fraction of sp³-hybridized carbons (Fsp3) is 0.368. The minimum Gasteiger partial charge on any atom is -0.403 e. The number of carbonyl (C=O) groups excluding carboxylic acids is 1. The molecule has 1 aromatic heterocycles. The van der Waals surface area contributed by atoms with Crippen LogP contribution in [0.5, 0.6) is 5.75 Å². The van der Waals surface area contributed by atoms with Crippen LogP contribution in [0.2, 0.25) is 0 Å². The van der Waals surface area contributed by atoms with Crippen LogP contribution in [0.1, 0.15) is 26.2 Å². The van der Waals surface area contributed by atoms with E-state index in [0.717, 1.165) is 37.1 Å². The number of halogens is 4. The number of rotatable bonds is 5. The Balaban J connectivity index is 1.70. The van der Waals surface area contributed by atoms with Crippen molar-refractivity contribution in [3.05, 3.63) is 42.3 Å². The van der Waals surface area contributed by atoms with Crippen molar-refractivity contribution in [2.24, 2.45) is 0 Å². The van der Waals surface area contributed by atoms with Crippen LogP contribution >= 0.6 is 0 Å². The van der Waals surface area contributed by atoms with Crippen LogP contribution in [-0.4, -0.2) is 29.3 Å². The van der Waals surface area contributed by atoms with Crippen molar-refractivity contribution in [1.29, 1.82) is 0 Å². The fourth-order valence-corrected chi connectivity index (χ4v) is 3.31. The number of benzene rings is 1. The molecule has 1 aliphatic carbocycles. The fourth-order valence-electron chi connectivity index (χ4n) is 3.31. The number of pyridine rings is 1. The minimum absolute atomic E-state index is 0.0585. The molecule has 28 heavy (non-hydrogen) atoms. The van der Waals surface area contributed by atoms with Gasteiger partial charge in [0.25, 0.3) is 0 Å². The van der Waals surface area contributed by atoms with Crippen LogP contribution in [0, 0.1) is 5.82 Å². The minimum atomic E-state index is -4.96. The number of carbonyl (C=O) groups is 1. The van der Waals surface area contributed by atoms with E-state index in [4.69, 9.17) is 0 Å². The second-order valence-electron chi connectivity index (χ2n) is 6.67. The lowest BCUT2D eigenvalue weighted by Gasteiger charge is -2.16. The van der Waals surface area contributed by atoms with Gasteiger partial charge < -0.3 is 15.4 Å². The molecular weight excluding hydrogens is 378 g/mol. The smallest absolute Gasteiger partial charge is 0.403 e. The highest BCUT2D eigenvalue weighted by Gasteiger charge is 2.32. The van der Waals surface area contributed by atoms with E-state index in [1.165, 1.54) is 19.2 Å². The Morgan fingerprint density at radius 3 is 2.61 bits per heavy atom. The van der Waals surface area contributed by atoms with E-state index < -0.39 is 17.9 Å². The summed E-state index contributed by atoms with van der Waals surface area (Å²) in [5, 5.41) is 6.25. The summed E-state index contributed by atoms with van der Waals surface area (Å²) in [6.07, 6.45) is -0.867. The van der Waals surface area contributed by atoms with Crippen LogP contribution in [-0.2, 0) is 4.79 Å². The molecule has 1 aromatic carbocycles. The molecule has 9 heteroatoms. The third kappa shape index (κ3) is 5.34. The average molecular weight is 397 g/mol. The second-order valence-corrected chi connectivity index (χ2v) is 6.67. The van der Waals surface area contributed by atoms with Crippen LogP contribution in [0.3, 0.4) is 0 Å². The van der Waals surface area contributed by atoms with Crippen LogP contribution in [0.25, 0.3) is 11.3 Å². The number of nitrogens with zero attached hydrogens (tertiary/aromatic N) is 1. The molecule has 2 aromatic rings. The predicted octanol–water partition coefficient (Wildman–Crippen LogP) is 4.26. The van der Waals surface area contributed by atoms with Crippen molar-refractivity contribution in [3.8, 4) is 17.0 Å². The van der Waals surface area contributed by atoms with E-state index in [-0.39, 0.29) is 18.0 Å². The number of anilines is 1. The van der Waals surface area contributed by atoms with Gasteiger partial charge in [0.1, 0.15) is 0 Å². The van der Waals surface area contributed by atoms with E-state index in [1.807, 2.05) is 0 Å². The molecule has 5 nitrogen and oxygen atoms in total. The van der Waals surface area contributed by atoms with E-state index in [0.29, 0.717) is 11.3 Å². The number of hydrogen-bond acceptors (Lipinski definition) is 4. The largest absolute Gasteiger partial charge is 0.573 e. The van der Waals surface area contributed by atoms with Gasteiger partial charge in [-0.3, -0.25) is 9.78 Å². The summed E-state index contributed by atoms with van der Waals surface area (Å²) >= 11 is 0. The summed E-state index contributed by atoms with van der Waals surface area (Å²) in [7, 11) is 0. The molecule has 1 amide bonds. The molecule has 2 atom stereocenters. The lowest BCUT2D eigenvalue weighted by molar-refractivity contribution is -0.275. The van der Waals surface area contributed by atoms with Gasteiger partial charge in [-0.25, -0.2) is 4.39 Å². The Labute approximate surface area is 159 Å². The van der Waals surface area contributed by atoms with Crippen molar-refractivity contribution in [3.63, 3.8) is 0 Å². The Bertz CT molecular complexity index is 857. The number of nitrogens with one attached hydrogen (secondary N) is 2. The van der Waals surface area contributed by atoms with Gasteiger partial charge in [0.15, 0.2) is 11.6 Å². The SMILES string of the molecule is CC(=O)N[C@@H]1CCC(Nc2ccnc(-c3ccc(OC(F)(F)F)c(F)c3)c2)C1. The first-order chi connectivity index (χ1) is 13.2. The molecule has 0 aliphatic heterocycles.